The number of imide groups is 1. The Hall–Kier alpha value is -1.63. The average molecular weight is 324 g/mol. The highest BCUT2D eigenvalue weighted by molar-refractivity contribution is 6.30. The second kappa shape index (κ2) is 6.64. The van der Waals surface area contributed by atoms with Gasteiger partial charge in [-0.15, -0.1) is 0 Å². The predicted molar refractivity (Wildman–Crippen MR) is 81.7 cm³/mol. The highest BCUT2D eigenvalue weighted by Crippen LogP contribution is 2.23. The van der Waals surface area contributed by atoms with E-state index in [9.17, 15) is 9.59 Å². The van der Waals surface area contributed by atoms with Crippen LogP contribution in [0.1, 0.15) is 11.7 Å². The van der Waals surface area contributed by atoms with Crippen molar-refractivity contribution in [1.82, 2.24) is 15.1 Å². The molecular weight excluding hydrogens is 306 g/mol. The van der Waals surface area contributed by atoms with E-state index in [-0.39, 0.29) is 24.6 Å². The summed E-state index contributed by atoms with van der Waals surface area (Å²) < 4.78 is 5.77. The summed E-state index contributed by atoms with van der Waals surface area (Å²) in [7, 11) is 0. The third-order valence-corrected chi connectivity index (χ3v) is 4.16. The molecule has 0 radical (unpaired) electrons. The molecule has 0 aromatic heterocycles. The van der Waals surface area contributed by atoms with E-state index >= 15 is 0 Å². The normalized spacial score (nSPS) is 22.7. The lowest BCUT2D eigenvalue weighted by Crippen LogP contribution is -2.46. The molecule has 3 amide bonds. The summed E-state index contributed by atoms with van der Waals surface area (Å²) in [6.07, 6.45) is -0.0776. The number of benzene rings is 1. The molecule has 0 unspecified atom stereocenters. The molecule has 0 aliphatic carbocycles. The maximum absolute atomic E-state index is 12.2. The Balaban J connectivity index is 1.59. The molecule has 0 bridgehead atoms. The van der Waals surface area contributed by atoms with Crippen LogP contribution >= 0.6 is 11.6 Å². The molecule has 2 fully saturated rings. The van der Waals surface area contributed by atoms with Crippen LogP contribution in [0.2, 0.25) is 5.02 Å². The Morgan fingerprint density at radius 3 is 2.77 bits per heavy atom. The first-order chi connectivity index (χ1) is 10.6. The summed E-state index contributed by atoms with van der Waals surface area (Å²) >= 11 is 5.90. The second-order valence-corrected chi connectivity index (χ2v) is 5.86. The molecule has 1 aromatic carbocycles. The Bertz CT molecular complexity index is 564. The van der Waals surface area contributed by atoms with E-state index in [1.165, 1.54) is 4.90 Å². The fraction of sp³-hybridized carbons (Fsp3) is 0.467. The van der Waals surface area contributed by atoms with E-state index in [1.54, 1.807) is 0 Å². The first-order valence-corrected chi connectivity index (χ1v) is 7.69. The summed E-state index contributed by atoms with van der Waals surface area (Å²) in [5.74, 6) is -0.160. The van der Waals surface area contributed by atoms with E-state index in [4.69, 9.17) is 16.3 Å². The van der Waals surface area contributed by atoms with Crippen molar-refractivity contribution >= 4 is 23.5 Å². The largest absolute Gasteiger partial charge is 0.371 e. The van der Waals surface area contributed by atoms with Crippen molar-refractivity contribution in [2.24, 2.45) is 0 Å². The zero-order valence-electron chi connectivity index (χ0n) is 12.1. The molecule has 2 heterocycles. The van der Waals surface area contributed by atoms with Crippen LogP contribution in [-0.2, 0) is 9.53 Å². The average Bonchev–Trinajstić information content (AvgIpc) is 2.94. The topological polar surface area (TPSA) is 61.9 Å². The number of carbonyl (C=O) groups excluding carboxylic acids is 2. The van der Waals surface area contributed by atoms with Crippen LogP contribution in [0.15, 0.2) is 24.3 Å². The monoisotopic (exact) mass is 323 g/mol. The van der Waals surface area contributed by atoms with Gasteiger partial charge in [0.2, 0.25) is 5.91 Å². The molecule has 2 saturated heterocycles. The van der Waals surface area contributed by atoms with Gasteiger partial charge in [0.1, 0.15) is 0 Å². The van der Waals surface area contributed by atoms with Crippen LogP contribution in [0.25, 0.3) is 0 Å². The molecule has 2 aliphatic rings. The van der Waals surface area contributed by atoms with Crippen LogP contribution in [0.5, 0.6) is 0 Å². The number of halogens is 1. The molecule has 1 aromatic rings. The number of nitrogens with zero attached hydrogens (tertiary/aromatic N) is 2. The van der Waals surface area contributed by atoms with Crippen LogP contribution in [0, 0.1) is 0 Å². The van der Waals surface area contributed by atoms with E-state index in [2.05, 4.69) is 5.32 Å². The number of nitrogens with one attached hydrogen (secondary N) is 1. The lowest BCUT2D eigenvalue weighted by atomic mass is 10.1. The predicted octanol–water partition coefficient (Wildman–Crippen LogP) is 1.27. The van der Waals surface area contributed by atoms with Gasteiger partial charge >= 0.3 is 6.03 Å². The number of amides is 3. The van der Waals surface area contributed by atoms with Crippen molar-refractivity contribution in [2.75, 3.05) is 39.3 Å². The number of carbonyl (C=O) groups is 2. The van der Waals surface area contributed by atoms with Gasteiger partial charge in [0.15, 0.2) is 0 Å². The van der Waals surface area contributed by atoms with Gasteiger partial charge < -0.3 is 10.1 Å². The molecule has 0 spiro atoms. The van der Waals surface area contributed by atoms with Crippen molar-refractivity contribution in [3.8, 4) is 0 Å². The van der Waals surface area contributed by atoms with Gasteiger partial charge in [0.25, 0.3) is 0 Å². The van der Waals surface area contributed by atoms with Gasteiger partial charge in [0.05, 0.1) is 19.3 Å². The van der Waals surface area contributed by atoms with Gasteiger partial charge in [-0.3, -0.25) is 14.6 Å². The zero-order chi connectivity index (χ0) is 15.5. The zero-order valence-corrected chi connectivity index (χ0v) is 12.9. The first-order valence-electron chi connectivity index (χ1n) is 7.31. The fourth-order valence-electron chi connectivity index (χ4n) is 2.71. The molecule has 6 nitrogen and oxygen atoms in total. The van der Waals surface area contributed by atoms with Crippen molar-refractivity contribution in [1.29, 1.82) is 0 Å². The second-order valence-electron chi connectivity index (χ2n) is 5.42. The minimum absolute atomic E-state index is 0.0776. The molecule has 7 heteroatoms. The summed E-state index contributed by atoms with van der Waals surface area (Å²) in [6, 6.07) is 7.24. The standard InChI is InChI=1S/C15H18ClN3O3/c16-12-3-1-11(2-4-12)13-9-18(7-8-22-13)10-14(20)19-6-5-17-15(19)21/h1-4,13H,5-10H2,(H,17,21)/t13-/m1/s1. The SMILES string of the molecule is O=C(CN1CCO[C@@H](c2ccc(Cl)cc2)C1)N1CCNC1=O. The smallest absolute Gasteiger partial charge is 0.324 e. The van der Waals surface area contributed by atoms with Crippen molar-refractivity contribution in [3.63, 3.8) is 0 Å². The molecule has 22 heavy (non-hydrogen) atoms. The maximum Gasteiger partial charge on any atom is 0.324 e. The number of rotatable bonds is 3. The highest BCUT2D eigenvalue weighted by atomic mass is 35.5. The van der Waals surface area contributed by atoms with E-state index in [0.717, 1.165) is 5.56 Å². The van der Waals surface area contributed by atoms with Gasteiger partial charge in [-0.05, 0) is 17.7 Å². The molecule has 1 N–H and O–H groups in total. The number of urea groups is 1. The van der Waals surface area contributed by atoms with E-state index in [0.29, 0.717) is 37.8 Å². The Morgan fingerprint density at radius 2 is 2.09 bits per heavy atom. The quantitative estimate of drug-likeness (QED) is 0.910. The molecular formula is C15H18ClN3O3. The van der Waals surface area contributed by atoms with Gasteiger partial charge in [0, 0.05) is 31.2 Å². The van der Waals surface area contributed by atoms with Crippen LogP contribution in [-0.4, -0.2) is 61.1 Å². The highest BCUT2D eigenvalue weighted by Gasteiger charge is 2.29. The molecule has 3 rings (SSSR count). The van der Waals surface area contributed by atoms with E-state index < -0.39 is 0 Å². The molecule has 1 atom stereocenters. The minimum Gasteiger partial charge on any atom is -0.371 e. The molecule has 2 aliphatic heterocycles. The summed E-state index contributed by atoms with van der Waals surface area (Å²) in [5, 5.41) is 3.32. The third kappa shape index (κ3) is 3.40. The number of ether oxygens (including phenoxy) is 1. The summed E-state index contributed by atoms with van der Waals surface area (Å²) in [5.41, 5.74) is 1.04. The number of morpholine rings is 1. The summed E-state index contributed by atoms with van der Waals surface area (Å²) in [6.45, 7) is 3.09. The van der Waals surface area contributed by atoms with Crippen molar-refractivity contribution < 1.29 is 14.3 Å². The first kappa shape index (κ1) is 15.3. The van der Waals surface area contributed by atoms with Crippen LogP contribution in [0.4, 0.5) is 4.79 Å². The number of hydrogen-bond acceptors (Lipinski definition) is 4. The lowest BCUT2D eigenvalue weighted by Gasteiger charge is -2.33. The Labute approximate surface area is 134 Å². The van der Waals surface area contributed by atoms with Crippen molar-refractivity contribution in [3.05, 3.63) is 34.9 Å². The van der Waals surface area contributed by atoms with Gasteiger partial charge in [-0.1, -0.05) is 23.7 Å². The fourth-order valence-corrected chi connectivity index (χ4v) is 2.84. The maximum atomic E-state index is 12.2. The molecule has 0 saturated carbocycles. The van der Waals surface area contributed by atoms with Crippen molar-refractivity contribution in [2.45, 2.75) is 6.10 Å². The van der Waals surface area contributed by atoms with Crippen LogP contribution in [0.3, 0.4) is 0 Å². The lowest BCUT2D eigenvalue weighted by molar-refractivity contribution is -0.130. The Kier molecular flexibility index (Phi) is 4.61. The third-order valence-electron chi connectivity index (χ3n) is 3.91. The molecule has 118 valence electrons. The Morgan fingerprint density at radius 1 is 1.32 bits per heavy atom. The number of hydrogen-bond donors (Lipinski definition) is 1. The van der Waals surface area contributed by atoms with E-state index in [1.807, 2.05) is 29.2 Å². The van der Waals surface area contributed by atoms with Gasteiger partial charge in [-0.25, -0.2) is 4.79 Å². The van der Waals surface area contributed by atoms with Crippen LogP contribution < -0.4 is 5.32 Å². The summed E-state index contributed by atoms with van der Waals surface area (Å²) in [4.78, 5) is 27.0. The minimum atomic E-state index is -0.299. The van der Waals surface area contributed by atoms with Gasteiger partial charge in [-0.2, -0.15) is 0 Å².